The van der Waals surface area contributed by atoms with E-state index in [9.17, 15) is 4.79 Å². The number of rotatable bonds is 4. The molecule has 0 atom stereocenters. The summed E-state index contributed by atoms with van der Waals surface area (Å²) in [7, 11) is 0. The van der Waals surface area contributed by atoms with E-state index in [0.717, 1.165) is 5.69 Å². The second-order valence-corrected chi connectivity index (χ2v) is 6.13. The Balaban J connectivity index is 1.68. The van der Waals surface area contributed by atoms with Crippen LogP contribution in [0.2, 0.25) is 5.02 Å². The fourth-order valence-electron chi connectivity index (χ4n) is 2.60. The average molecular weight is 391 g/mol. The number of benzene rings is 2. The lowest BCUT2D eigenvalue weighted by Gasteiger charge is -2.06. The van der Waals surface area contributed by atoms with Crippen LogP contribution in [0.5, 0.6) is 0 Å². The van der Waals surface area contributed by atoms with Crippen molar-refractivity contribution < 1.29 is 9.32 Å². The van der Waals surface area contributed by atoms with Gasteiger partial charge in [0.05, 0.1) is 40.1 Å². The van der Waals surface area contributed by atoms with Crippen LogP contribution < -0.4 is 10.6 Å². The van der Waals surface area contributed by atoms with Gasteiger partial charge in [-0.2, -0.15) is 5.26 Å². The molecule has 2 aromatic heterocycles. The Bertz CT molecular complexity index is 1200. The summed E-state index contributed by atoms with van der Waals surface area (Å²) in [5.41, 5.74) is 2.10. The van der Waals surface area contributed by atoms with Crippen LogP contribution in [0.1, 0.15) is 15.9 Å². The number of nitrogens with one attached hydrogen (secondary N) is 2. The number of anilines is 3. The van der Waals surface area contributed by atoms with Gasteiger partial charge in [0.2, 0.25) is 0 Å². The van der Waals surface area contributed by atoms with Gasteiger partial charge in [0, 0.05) is 5.69 Å². The lowest BCUT2D eigenvalue weighted by molar-refractivity contribution is 0.102. The minimum Gasteiger partial charge on any atom is -0.353 e. The highest BCUT2D eigenvalue weighted by Crippen LogP contribution is 2.32. The largest absolute Gasteiger partial charge is 0.353 e. The maximum absolute atomic E-state index is 12.7. The number of nitriles is 1. The molecule has 0 radical (unpaired) electrons. The zero-order valence-corrected chi connectivity index (χ0v) is 14.9. The highest BCUT2D eigenvalue weighted by molar-refractivity contribution is 6.36. The normalized spacial score (nSPS) is 10.4. The number of carbonyl (C=O) groups excluding carboxylic acids is 1. The molecule has 2 N–H and O–H groups in total. The van der Waals surface area contributed by atoms with Crippen LogP contribution in [0.3, 0.4) is 0 Å². The van der Waals surface area contributed by atoms with Gasteiger partial charge in [0.15, 0.2) is 11.4 Å². The van der Waals surface area contributed by atoms with E-state index in [2.05, 4.69) is 31.8 Å². The van der Waals surface area contributed by atoms with E-state index >= 15 is 0 Å². The third-order valence-electron chi connectivity index (χ3n) is 3.91. The molecular formula is C19H11ClN6O2. The molecule has 8 nitrogen and oxygen atoms in total. The van der Waals surface area contributed by atoms with Crippen LogP contribution in [0, 0.1) is 11.3 Å². The predicted octanol–water partition coefficient (Wildman–Crippen LogP) is 4.14. The monoisotopic (exact) mass is 390 g/mol. The Kier molecular flexibility index (Phi) is 4.58. The van der Waals surface area contributed by atoms with Crippen molar-refractivity contribution in [3.63, 3.8) is 0 Å². The van der Waals surface area contributed by atoms with Crippen LogP contribution in [0.25, 0.3) is 11.0 Å². The Hall–Kier alpha value is -3.96. The van der Waals surface area contributed by atoms with Crippen molar-refractivity contribution in [2.24, 2.45) is 0 Å². The number of aromatic nitrogens is 3. The van der Waals surface area contributed by atoms with Crippen molar-refractivity contribution in [3.05, 3.63) is 71.3 Å². The SMILES string of the molecule is N#Cc1ccc(Nc2noc3c(C(=O)Nc4cncnc4)c(Cl)ccc23)cc1. The third-order valence-corrected chi connectivity index (χ3v) is 4.23. The van der Waals surface area contributed by atoms with E-state index in [1.165, 1.54) is 18.7 Å². The molecule has 4 rings (SSSR count). The zero-order valence-electron chi connectivity index (χ0n) is 14.2. The minimum atomic E-state index is -0.466. The van der Waals surface area contributed by atoms with Gasteiger partial charge in [-0.05, 0) is 36.4 Å². The van der Waals surface area contributed by atoms with Gasteiger partial charge in [-0.25, -0.2) is 9.97 Å². The molecule has 9 heteroatoms. The van der Waals surface area contributed by atoms with Gasteiger partial charge in [0.1, 0.15) is 11.9 Å². The van der Waals surface area contributed by atoms with Crippen molar-refractivity contribution in [3.8, 4) is 6.07 Å². The number of fused-ring (bicyclic) bond motifs is 1. The van der Waals surface area contributed by atoms with Crippen molar-refractivity contribution >= 4 is 45.7 Å². The highest BCUT2D eigenvalue weighted by atomic mass is 35.5. The summed E-state index contributed by atoms with van der Waals surface area (Å²) in [6, 6.07) is 12.2. The Labute approximate surface area is 163 Å². The van der Waals surface area contributed by atoms with Crippen LogP contribution in [0.4, 0.5) is 17.2 Å². The summed E-state index contributed by atoms with van der Waals surface area (Å²) in [5.74, 6) is -0.0417. The maximum Gasteiger partial charge on any atom is 0.261 e. The molecule has 4 aromatic rings. The number of hydrogen-bond donors (Lipinski definition) is 2. The number of amides is 1. The number of nitrogens with zero attached hydrogens (tertiary/aromatic N) is 4. The van der Waals surface area contributed by atoms with Gasteiger partial charge in [-0.15, -0.1) is 0 Å². The van der Waals surface area contributed by atoms with Gasteiger partial charge >= 0.3 is 0 Å². The lowest BCUT2D eigenvalue weighted by Crippen LogP contribution is -2.13. The van der Waals surface area contributed by atoms with E-state index in [4.69, 9.17) is 21.4 Å². The molecule has 136 valence electrons. The summed E-state index contributed by atoms with van der Waals surface area (Å²) in [4.78, 5) is 20.4. The molecule has 0 saturated heterocycles. The average Bonchev–Trinajstić information content (AvgIpc) is 3.11. The fraction of sp³-hybridized carbons (Fsp3) is 0. The van der Waals surface area contributed by atoms with Crippen molar-refractivity contribution in [1.82, 2.24) is 15.1 Å². The first-order chi connectivity index (χ1) is 13.7. The summed E-state index contributed by atoms with van der Waals surface area (Å²) < 4.78 is 5.40. The van der Waals surface area contributed by atoms with Gasteiger partial charge in [-0.1, -0.05) is 16.8 Å². The number of carbonyl (C=O) groups is 1. The molecule has 0 bridgehead atoms. The van der Waals surface area contributed by atoms with Crippen molar-refractivity contribution in [2.75, 3.05) is 10.6 Å². The first-order valence-corrected chi connectivity index (χ1v) is 8.45. The molecule has 0 aliphatic heterocycles. The van der Waals surface area contributed by atoms with Gasteiger partial charge in [-0.3, -0.25) is 4.79 Å². The van der Waals surface area contributed by atoms with E-state index in [1.807, 2.05) is 0 Å². The zero-order chi connectivity index (χ0) is 19.5. The Morgan fingerprint density at radius 1 is 1.07 bits per heavy atom. The number of hydrogen-bond acceptors (Lipinski definition) is 7. The molecule has 0 aliphatic carbocycles. The van der Waals surface area contributed by atoms with Crippen LogP contribution in [-0.2, 0) is 0 Å². The first kappa shape index (κ1) is 17.5. The standard InChI is InChI=1S/C19H11ClN6O2/c20-15-6-5-14-17(16(15)19(27)25-13-8-22-10-23-9-13)28-26-18(14)24-12-3-1-11(7-21)2-4-12/h1-6,8-10H,(H,24,26)(H,25,27). The summed E-state index contributed by atoms with van der Waals surface area (Å²) >= 11 is 6.24. The molecule has 2 aromatic carbocycles. The molecule has 0 fully saturated rings. The molecule has 0 unspecified atom stereocenters. The molecule has 1 amide bonds. The molecule has 0 spiro atoms. The van der Waals surface area contributed by atoms with Crippen LogP contribution in [-0.4, -0.2) is 21.0 Å². The summed E-state index contributed by atoms with van der Waals surface area (Å²) in [6.45, 7) is 0. The predicted molar refractivity (Wildman–Crippen MR) is 103 cm³/mol. The van der Waals surface area contributed by atoms with E-state index in [-0.39, 0.29) is 16.2 Å². The quantitative estimate of drug-likeness (QED) is 0.537. The fourth-order valence-corrected chi connectivity index (χ4v) is 2.84. The first-order valence-electron chi connectivity index (χ1n) is 8.07. The second-order valence-electron chi connectivity index (χ2n) is 5.73. The van der Waals surface area contributed by atoms with Crippen molar-refractivity contribution in [2.45, 2.75) is 0 Å². The topological polar surface area (TPSA) is 117 Å². The van der Waals surface area contributed by atoms with E-state index in [0.29, 0.717) is 22.5 Å². The number of halogens is 1. The van der Waals surface area contributed by atoms with Crippen molar-refractivity contribution in [1.29, 1.82) is 5.26 Å². The van der Waals surface area contributed by atoms with E-state index in [1.54, 1.807) is 36.4 Å². The van der Waals surface area contributed by atoms with E-state index < -0.39 is 5.91 Å². The highest BCUT2D eigenvalue weighted by Gasteiger charge is 2.21. The lowest BCUT2D eigenvalue weighted by atomic mass is 10.1. The molecule has 0 aliphatic rings. The maximum atomic E-state index is 12.7. The Morgan fingerprint density at radius 3 is 2.54 bits per heavy atom. The third kappa shape index (κ3) is 3.34. The van der Waals surface area contributed by atoms with Crippen LogP contribution >= 0.6 is 11.6 Å². The molecule has 2 heterocycles. The summed E-state index contributed by atoms with van der Waals surface area (Å²) in [5, 5.41) is 19.5. The molecule has 28 heavy (non-hydrogen) atoms. The Morgan fingerprint density at radius 2 is 1.82 bits per heavy atom. The van der Waals surface area contributed by atoms with Gasteiger partial charge in [0.25, 0.3) is 5.91 Å². The smallest absolute Gasteiger partial charge is 0.261 e. The molecular weight excluding hydrogens is 380 g/mol. The minimum absolute atomic E-state index is 0.156. The molecule has 0 saturated carbocycles. The van der Waals surface area contributed by atoms with Gasteiger partial charge < -0.3 is 15.2 Å². The van der Waals surface area contributed by atoms with Crippen LogP contribution in [0.15, 0.2) is 59.6 Å². The second kappa shape index (κ2) is 7.34. The summed E-state index contributed by atoms with van der Waals surface area (Å²) in [6.07, 6.45) is 4.30.